The number of ether oxygens (including phenoxy) is 1. The van der Waals surface area contributed by atoms with Crippen LogP contribution < -0.4 is 15.4 Å². The predicted octanol–water partition coefficient (Wildman–Crippen LogP) is 3.21. The molecule has 6 nitrogen and oxygen atoms in total. The first-order valence-electron chi connectivity index (χ1n) is 8.83. The molecule has 2 N–H and O–H groups in total. The molecular weight excluding hydrogens is 342 g/mol. The minimum atomic E-state index is -0.487. The molecule has 144 valence electrons. The maximum atomic E-state index is 12.5. The Morgan fingerprint density at radius 1 is 1.07 bits per heavy atom. The average Bonchev–Trinajstić information content (AvgIpc) is 2.64. The minimum absolute atomic E-state index is 0.105. The molecule has 0 heterocycles. The molecular formula is C21H27N3O3. The van der Waals surface area contributed by atoms with Gasteiger partial charge in [0.25, 0.3) is 0 Å². The highest BCUT2D eigenvalue weighted by atomic mass is 16.5. The van der Waals surface area contributed by atoms with Gasteiger partial charge < -0.3 is 15.4 Å². The number of hydrogen-bond acceptors (Lipinski definition) is 4. The Morgan fingerprint density at radius 2 is 1.78 bits per heavy atom. The van der Waals surface area contributed by atoms with E-state index >= 15 is 0 Å². The molecule has 0 spiro atoms. The second-order valence-electron chi connectivity index (χ2n) is 6.65. The maximum absolute atomic E-state index is 12.5. The van der Waals surface area contributed by atoms with Crippen molar-refractivity contribution in [3.8, 4) is 5.75 Å². The van der Waals surface area contributed by atoms with Gasteiger partial charge in [-0.15, -0.1) is 0 Å². The van der Waals surface area contributed by atoms with Gasteiger partial charge in [-0.25, -0.2) is 0 Å². The van der Waals surface area contributed by atoms with Gasteiger partial charge in [0.15, 0.2) is 0 Å². The number of carbonyl (C=O) groups is 2. The first kappa shape index (κ1) is 20.5. The number of likely N-dealkylation sites (N-methyl/N-ethyl adjacent to an activating group) is 1. The number of nitrogens with one attached hydrogen (secondary N) is 2. The van der Waals surface area contributed by atoms with Gasteiger partial charge in [-0.05, 0) is 57.1 Å². The van der Waals surface area contributed by atoms with Gasteiger partial charge in [0.2, 0.25) is 11.8 Å². The van der Waals surface area contributed by atoms with Crippen molar-refractivity contribution in [1.29, 1.82) is 0 Å². The standard InChI is InChI=1S/C21H27N3O3/c1-14-10-11-15(2)18(12-14)22-20(25)13-24(4)16(3)21(26)23-17-8-6-7-9-19(17)27-5/h6-12,16H,13H2,1-5H3,(H,22,25)(H,23,26)/t16-/m0/s1. The lowest BCUT2D eigenvalue weighted by Gasteiger charge is -2.24. The van der Waals surface area contributed by atoms with Crippen LogP contribution in [0.15, 0.2) is 42.5 Å². The summed E-state index contributed by atoms with van der Waals surface area (Å²) in [6.07, 6.45) is 0. The molecule has 0 aliphatic carbocycles. The van der Waals surface area contributed by atoms with Crippen LogP contribution in [0.1, 0.15) is 18.1 Å². The second-order valence-corrected chi connectivity index (χ2v) is 6.65. The first-order chi connectivity index (χ1) is 12.8. The van der Waals surface area contributed by atoms with Gasteiger partial charge in [0.05, 0.1) is 25.4 Å². The molecule has 0 aromatic heterocycles. The summed E-state index contributed by atoms with van der Waals surface area (Å²) in [4.78, 5) is 26.6. The fraction of sp³-hybridized carbons (Fsp3) is 0.333. The fourth-order valence-corrected chi connectivity index (χ4v) is 2.61. The Morgan fingerprint density at radius 3 is 2.48 bits per heavy atom. The molecule has 0 unspecified atom stereocenters. The van der Waals surface area contributed by atoms with E-state index in [1.807, 2.05) is 44.2 Å². The molecule has 0 fully saturated rings. The largest absolute Gasteiger partial charge is 0.495 e. The van der Waals surface area contributed by atoms with E-state index in [9.17, 15) is 9.59 Å². The number of aryl methyl sites for hydroxylation is 2. The highest BCUT2D eigenvalue weighted by Crippen LogP contribution is 2.23. The van der Waals surface area contributed by atoms with Crippen LogP contribution in [0.5, 0.6) is 5.75 Å². The zero-order chi connectivity index (χ0) is 20.0. The molecule has 2 aromatic carbocycles. The van der Waals surface area contributed by atoms with Crippen molar-refractivity contribution in [3.63, 3.8) is 0 Å². The van der Waals surface area contributed by atoms with Gasteiger partial charge in [0, 0.05) is 5.69 Å². The smallest absolute Gasteiger partial charge is 0.241 e. The number of rotatable bonds is 7. The molecule has 1 atom stereocenters. The first-order valence-corrected chi connectivity index (χ1v) is 8.83. The van der Waals surface area contributed by atoms with E-state index in [0.29, 0.717) is 11.4 Å². The Hall–Kier alpha value is -2.86. The SMILES string of the molecule is COc1ccccc1NC(=O)[C@H](C)N(C)CC(=O)Nc1cc(C)ccc1C. The van der Waals surface area contributed by atoms with E-state index in [1.54, 1.807) is 38.1 Å². The quantitative estimate of drug-likeness (QED) is 0.786. The number of amides is 2. The van der Waals surface area contributed by atoms with Crippen molar-refractivity contribution in [3.05, 3.63) is 53.6 Å². The van der Waals surface area contributed by atoms with Gasteiger partial charge in [0.1, 0.15) is 5.75 Å². The number of para-hydroxylation sites is 2. The third-order valence-corrected chi connectivity index (χ3v) is 4.47. The normalized spacial score (nSPS) is 11.8. The monoisotopic (exact) mass is 369 g/mol. The summed E-state index contributed by atoms with van der Waals surface area (Å²) in [6, 6.07) is 12.6. The lowest BCUT2D eigenvalue weighted by Crippen LogP contribution is -2.43. The van der Waals surface area contributed by atoms with Crippen molar-refractivity contribution >= 4 is 23.2 Å². The molecule has 0 saturated heterocycles. The summed E-state index contributed by atoms with van der Waals surface area (Å²) >= 11 is 0. The average molecular weight is 369 g/mol. The van der Waals surface area contributed by atoms with Crippen LogP contribution in [-0.2, 0) is 9.59 Å². The number of nitrogens with zero attached hydrogens (tertiary/aromatic N) is 1. The van der Waals surface area contributed by atoms with Crippen LogP contribution in [-0.4, -0.2) is 43.5 Å². The van der Waals surface area contributed by atoms with Gasteiger partial charge in [-0.3, -0.25) is 14.5 Å². The third kappa shape index (κ3) is 5.56. The molecule has 2 amide bonds. The Bertz CT molecular complexity index is 820. The Labute approximate surface area is 160 Å². The molecule has 0 radical (unpaired) electrons. The summed E-state index contributed by atoms with van der Waals surface area (Å²) in [6.45, 7) is 5.79. The summed E-state index contributed by atoms with van der Waals surface area (Å²) in [5.74, 6) is 0.220. The van der Waals surface area contributed by atoms with Crippen molar-refractivity contribution in [2.24, 2.45) is 0 Å². The number of carbonyl (C=O) groups excluding carboxylic acids is 2. The highest BCUT2D eigenvalue weighted by molar-refractivity contribution is 5.97. The summed E-state index contributed by atoms with van der Waals surface area (Å²) in [7, 11) is 3.30. The van der Waals surface area contributed by atoms with Crippen molar-refractivity contribution in [2.75, 3.05) is 31.3 Å². The van der Waals surface area contributed by atoms with Gasteiger partial charge >= 0.3 is 0 Å². The molecule has 27 heavy (non-hydrogen) atoms. The predicted molar refractivity (Wildman–Crippen MR) is 108 cm³/mol. The van der Waals surface area contributed by atoms with Gasteiger partial charge in [-0.2, -0.15) is 0 Å². The van der Waals surface area contributed by atoms with E-state index in [2.05, 4.69) is 10.6 Å². The number of anilines is 2. The molecule has 6 heteroatoms. The second kappa shape index (κ2) is 9.19. The minimum Gasteiger partial charge on any atom is -0.495 e. The van der Waals surface area contributed by atoms with Crippen molar-refractivity contribution in [2.45, 2.75) is 26.8 Å². The zero-order valence-electron chi connectivity index (χ0n) is 16.5. The van der Waals surface area contributed by atoms with Gasteiger partial charge in [-0.1, -0.05) is 24.3 Å². The lowest BCUT2D eigenvalue weighted by molar-refractivity contribution is -0.122. The van der Waals surface area contributed by atoms with Crippen LogP contribution >= 0.6 is 0 Å². The van der Waals surface area contributed by atoms with Crippen molar-refractivity contribution < 1.29 is 14.3 Å². The van der Waals surface area contributed by atoms with Crippen molar-refractivity contribution in [1.82, 2.24) is 4.90 Å². The molecule has 0 aliphatic rings. The molecule has 0 saturated carbocycles. The van der Waals surface area contributed by atoms with E-state index in [0.717, 1.165) is 16.8 Å². The third-order valence-electron chi connectivity index (χ3n) is 4.47. The van der Waals surface area contributed by atoms with Crippen LogP contribution in [0.25, 0.3) is 0 Å². The van der Waals surface area contributed by atoms with E-state index < -0.39 is 6.04 Å². The van der Waals surface area contributed by atoms with Crippen LogP contribution in [0.3, 0.4) is 0 Å². The zero-order valence-corrected chi connectivity index (χ0v) is 16.5. The topological polar surface area (TPSA) is 70.7 Å². The molecule has 2 aromatic rings. The molecule has 0 aliphatic heterocycles. The number of hydrogen-bond donors (Lipinski definition) is 2. The Kier molecular flexibility index (Phi) is 6.96. The van der Waals surface area contributed by atoms with Crippen LogP contribution in [0, 0.1) is 13.8 Å². The molecule has 2 rings (SSSR count). The summed E-state index contributed by atoms with van der Waals surface area (Å²) < 4.78 is 5.25. The number of benzene rings is 2. The number of methoxy groups -OCH3 is 1. The van der Waals surface area contributed by atoms with Crippen LogP contribution in [0.4, 0.5) is 11.4 Å². The van der Waals surface area contributed by atoms with Crippen LogP contribution in [0.2, 0.25) is 0 Å². The molecule has 0 bridgehead atoms. The summed E-state index contributed by atoms with van der Waals surface area (Å²) in [5, 5.41) is 5.76. The fourth-order valence-electron chi connectivity index (χ4n) is 2.61. The van der Waals surface area contributed by atoms with E-state index in [4.69, 9.17) is 4.74 Å². The maximum Gasteiger partial charge on any atom is 0.241 e. The van der Waals surface area contributed by atoms with E-state index in [1.165, 1.54) is 0 Å². The lowest BCUT2D eigenvalue weighted by atomic mass is 10.1. The Balaban J connectivity index is 1.95. The van der Waals surface area contributed by atoms with E-state index in [-0.39, 0.29) is 18.4 Å². The highest BCUT2D eigenvalue weighted by Gasteiger charge is 2.21. The summed E-state index contributed by atoms with van der Waals surface area (Å²) in [5.41, 5.74) is 3.47.